The number of nitrogens with two attached hydrogens (primary N) is 1. The van der Waals surface area contributed by atoms with Gasteiger partial charge >= 0.3 is 0 Å². The second-order valence-electron chi connectivity index (χ2n) is 3.51. The first-order valence-corrected chi connectivity index (χ1v) is 6.83. The standard InChI is InChI=1S/C11H18N2O2S/c1-15-9-4-5-11(10(12)8-9)13-6-3-7-16(2)14/h4-5,8,13H,3,6-7,12H2,1-2H3. The first kappa shape index (κ1) is 12.8. The molecule has 16 heavy (non-hydrogen) atoms. The maximum Gasteiger partial charge on any atom is 0.121 e. The number of nitrogen functional groups attached to an aromatic ring is 1. The highest BCUT2D eigenvalue weighted by molar-refractivity contribution is 7.84. The highest BCUT2D eigenvalue weighted by Gasteiger charge is 2.00. The van der Waals surface area contributed by atoms with Crippen molar-refractivity contribution in [2.45, 2.75) is 6.42 Å². The van der Waals surface area contributed by atoms with Crippen LogP contribution in [-0.2, 0) is 10.8 Å². The first-order chi connectivity index (χ1) is 7.63. The van der Waals surface area contributed by atoms with Crippen LogP contribution in [0.25, 0.3) is 0 Å². The minimum Gasteiger partial charge on any atom is -0.497 e. The van der Waals surface area contributed by atoms with Crippen molar-refractivity contribution in [2.24, 2.45) is 0 Å². The molecule has 1 atom stereocenters. The van der Waals surface area contributed by atoms with Gasteiger partial charge in [0.15, 0.2) is 0 Å². The normalized spacial score (nSPS) is 12.1. The van der Waals surface area contributed by atoms with E-state index in [-0.39, 0.29) is 0 Å². The van der Waals surface area contributed by atoms with Gasteiger partial charge in [0.2, 0.25) is 0 Å². The number of rotatable bonds is 6. The molecular weight excluding hydrogens is 224 g/mol. The Morgan fingerprint density at radius 1 is 1.50 bits per heavy atom. The Morgan fingerprint density at radius 3 is 2.81 bits per heavy atom. The number of hydrogen-bond donors (Lipinski definition) is 2. The lowest BCUT2D eigenvalue weighted by molar-refractivity contribution is 0.415. The molecule has 0 fully saturated rings. The summed E-state index contributed by atoms with van der Waals surface area (Å²) < 4.78 is 15.9. The minimum absolute atomic E-state index is 0.664. The van der Waals surface area contributed by atoms with Gasteiger partial charge in [-0.3, -0.25) is 4.21 Å². The summed E-state index contributed by atoms with van der Waals surface area (Å²) in [4.78, 5) is 0. The fraction of sp³-hybridized carbons (Fsp3) is 0.455. The quantitative estimate of drug-likeness (QED) is 0.585. The smallest absolute Gasteiger partial charge is 0.121 e. The molecule has 0 saturated carbocycles. The minimum atomic E-state index is -0.725. The number of anilines is 2. The van der Waals surface area contributed by atoms with Gasteiger partial charge in [0.1, 0.15) is 5.75 Å². The molecule has 1 aromatic carbocycles. The zero-order valence-corrected chi connectivity index (χ0v) is 10.5. The molecule has 3 N–H and O–H groups in total. The van der Waals surface area contributed by atoms with Gasteiger partial charge in [-0.15, -0.1) is 0 Å². The highest BCUT2D eigenvalue weighted by atomic mass is 32.2. The largest absolute Gasteiger partial charge is 0.497 e. The summed E-state index contributed by atoms with van der Waals surface area (Å²) in [7, 11) is 0.884. The molecule has 0 amide bonds. The van der Waals surface area contributed by atoms with Crippen LogP contribution in [0.2, 0.25) is 0 Å². The van der Waals surface area contributed by atoms with Crippen molar-refractivity contribution in [1.29, 1.82) is 0 Å². The summed E-state index contributed by atoms with van der Waals surface area (Å²) in [6, 6.07) is 5.52. The number of nitrogens with one attached hydrogen (secondary N) is 1. The van der Waals surface area contributed by atoms with E-state index in [0.717, 1.165) is 24.4 Å². The predicted octanol–water partition coefficient (Wildman–Crippen LogP) is 1.46. The van der Waals surface area contributed by atoms with Gasteiger partial charge in [-0.2, -0.15) is 0 Å². The molecule has 0 aliphatic carbocycles. The summed E-state index contributed by atoms with van der Waals surface area (Å²) in [5, 5.41) is 3.20. The van der Waals surface area contributed by atoms with E-state index < -0.39 is 10.8 Å². The Balaban J connectivity index is 2.45. The van der Waals surface area contributed by atoms with Gasteiger partial charge in [0.05, 0.1) is 18.5 Å². The molecule has 0 aliphatic rings. The molecule has 5 heteroatoms. The predicted molar refractivity (Wildman–Crippen MR) is 69.4 cm³/mol. The van der Waals surface area contributed by atoms with Crippen LogP contribution in [0.4, 0.5) is 11.4 Å². The lowest BCUT2D eigenvalue weighted by Crippen LogP contribution is -2.07. The molecular formula is C11H18N2O2S. The van der Waals surface area contributed by atoms with E-state index in [0.29, 0.717) is 11.4 Å². The van der Waals surface area contributed by atoms with Crippen LogP contribution in [-0.4, -0.2) is 29.9 Å². The number of benzene rings is 1. The van der Waals surface area contributed by atoms with Crippen molar-refractivity contribution in [2.75, 3.05) is 36.7 Å². The van der Waals surface area contributed by atoms with E-state index in [1.54, 1.807) is 19.4 Å². The summed E-state index contributed by atoms with van der Waals surface area (Å²) in [6.07, 6.45) is 2.58. The molecule has 0 aliphatic heterocycles. The molecule has 1 rings (SSSR count). The van der Waals surface area contributed by atoms with Crippen molar-refractivity contribution in [1.82, 2.24) is 0 Å². The molecule has 1 unspecified atom stereocenters. The van der Waals surface area contributed by atoms with Gasteiger partial charge in [0, 0.05) is 35.4 Å². The van der Waals surface area contributed by atoms with E-state index in [4.69, 9.17) is 10.5 Å². The van der Waals surface area contributed by atoms with Crippen LogP contribution >= 0.6 is 0 Å². The molecule has 0 spiro atoms. The van der Waals surface area contributed by atoms with Crippen LogP contribution in [0.3, 0.4) is 0 Å². The summed E-state index contributed by atoms with van der Waals surface area (Å²) in [5.41, 5.74) is 7.39. The fourth-order valence-electron chi connectivity index (χ4n) is 1.33. The Hall–Kier alpha value is -1.23. The number of ether oxygens (including phenoxy) is 1. The average Bonchev–Trinajstić information content (AvgIpc) is 2.25. The third-order valence-corrected chi connectivity index (χ3v) is 3.05. The average molecular weight is 242 g/mol. The van der Waals surface area contributed by atoms with Gasteiger partial charge in [-0.05, 0) is 18.6 Å². The molecule has 0 saturated heterocycles. The topological polar surface area (TPSA) is 64.3 Å². The van der Waals surface area contributed by atoms with Crippen molar-refractivity contribution in [3.8, 4) is 5.75 Å². The second-order valence-corrected chi connectivity index (χ2v) is 5.07. The van der Waals surface area contributed by atoms with Crippen LogP contribution < -0.4 is 15.8 Å². The van der Waals surface area contributed by atoms with Crippen LogP contribution in [0.1, 0.15) is 6.42 Å². The zero-order chi connectivity index (χ0) is 12.0. The van der Waals surface area contributed by atoms with Crippen molar-refractivity contribution < 1.29 is 8.95 Å². The van der Waals surface area contributed by atoms with Gasteiger partial charge in [-0.1, -0.05) is 0 Å². The Kier molecular flexibility index (Phi) is 5.11. The lowest BCUT2D eigenvalue weighted by Gasteiger charge is -2.10. The molecule has 4 nitrogen and oxygen atoms in total. The monoisotopic (exact) mass is 242 g/mol. The summed E-state index contributed by atoms with van der Waals surface area (Å²) in [6.45, 7) is 0.774. The van der Waals surface area contributed by atoms with Crippen LogP contribution in [0, 0.1) is 0 Å². The maximum atomic E-state index is 10.8. The third kappa shape index (κ3) is 4.10. The summed E-state index contributed by atoms with van der Waals surface area (Å²) in [5.74, 6) is 1.46. The SMILES string of the molecule is COc1ccc(NCCCS(C)=O)c(N)c1. The molecule has 0 bridgehead atoms. The fourth-order valence-corrected chi connectivity index (χ4v) is 1.88. The zero-order valence-electron chi connectivity index (χ0n) is 9.66. The molecule has 1 aromatic rings. The van der Waals surface area contributed by atoms with E-state index >= 15 is 0 Å². The van der Waals surface area contributed by atoms with E-state index in [9.17, 15) is 4.21 Å². The molecule has 0 radical (unpaired) electrons. The second kappa shape index (κ2) is 6.37. The van der Waals surface area contributed by atoms with E-state index in [1.807, 2.05) is 12.1 Å². The third-order valence-electron chi connectivity index (χ3n) is 2.18. The molecule has 90 valence electrons. The van der Waals surface area contributed by atoms with Gasteiger partial charge in [-0.25, -0.2) is 0 Å². The van der Waals surface area contributed by atoms with Crippen LogP contribution in [0.5, 0.6) is 5.75 Å². The van der Waals surface area contributed by atoms with E-state index in [1.165, 1.54) is 0 Å². The molecule has 0 heterocycles. The Morgan fingerprint density at radius 2 is 2.25 bits per heavy atom. The van der Waals surface area contributed by atoms with Crippen molar-refractivity contribution in [3.05, 3.63) is 18.2 Å². The van der Waals surface area contributed by atoms with E-state index in [2.05, 4.69) is 5.32 Å². The Bertz CT molecular complexity index is 369. The van der Waals surface area contributed by atoms with Gasteiger partial charge < -0.3 is 15.8 Å². The number of methoxy groups -OCH3 is 1. The van der Waals surface area contributed by atoms with Crippen molar-refractivity contribution >= 4 is 22.2 Å². The maximum absolute atomic E-state index is 10.8. The Labute approximate surface area is 98.6 Å². The van der Waals surface area contributed by atoms with Crippen molar-refractivity contribution in [3.63, 3.8) is 0 Å². The van der Waals surface area contributed by atoms with Crippen LogP contribution in [0.15, 0.2) is 18.2 Å². The lowest BCUT2D eigenvalue weighted by atomic mass is 10.2. The summed E-state index contributed by atoms with van der Waals surface area (Å²) >= 11 is 0. The number of hydrogen-bond acceptors (Lipinski definition) is 4. The first-order valence-electron chi connectivity index (χ1n) is 5.11. The molecule has 0 aromatic heterocycles. The highest BCUT2D eigenvalue weighted by Crippen LogP contribution is 2.23. The van der Waals surface area contributed by atoms with Gasteiger partial charge in [0.25, 0.3) is 0 Å².